The molecule has 1 saturated carbocycles. The van der Waals surface area contributed by atoms with Gasteiger partial charge in [-0.25, -0.2) is 4.39 Å². The monoisotopic (exact) mass is 198 g/mol. The fourth-order valence-corrected chi connectivity index (χ4v) is 0.581. The van der Waals surface area contributed by atoms with E-state index in [9.17, 15) is 4.39 Å². The molecule has 3 heteroatoms. The van der Waals surface area contributed by atoms with Gasteiger partial charge in [0.25, 0.3) is 6.47 Å². The van der Waals surface area contributed by atoms with E-state index in [1.54, 1.807) is 18.2 Å². The molecular weight excluding hydrogens is 183 g/mol. The molecule has 14 heavy (non-hydrogen) atoms. The highest BCUT2D eigenvalue weighted by Crippen LogP contribution is 2.26. The van der Waals surface area contributed by atoms with Crippen LogP contribution in [0.2, 0.25) is 0 Å². The number of carbonyl (C=O) groups is 1. The summed E-state index contributed by atoms with van der Waals surface area (Å²) in [6, 6.07) is 7.94. The van der Waals surface area contributed by atoms with Crippen LogP contribution in [0.3, 0.4) is 0 Å². The summed E-state index contributed by atoms with van der Waals surface area (Å²) in [7, 11) is 0. The van der Waals surface area contributed by atoms with E-state index >= 15 is 0 Å². The number of hydrogen-bond acceptors (Lipinski definition) is 1. The molecule has 0 aliphatic heterocycles. The summed E-state index contributed by atoms with van der Waals surface area (Å²) in [5.74, 6) is 0.905. The molecule has 1 fully saturated rings. The molecule has 0 amide bonds. The molecule has 0 heterocycles. The highest BCUT2D eigenvalue weighted by atomic mass is 19.1. The molecule has 0 spiro atoms. The summed E-state index contributed by atoms with van der Waals surface area (Å²) >= 11 is 0. The van der Waals surface area contributed by atoms with Crippen molar-refractivity contribution < 1.29 is 14.3 Å². The fraction of sp³-hybridized carbons (Fsp3) is 0.364. The Balaban J connectivity index is 0.000000206. The maximum Gasteiger partial charge on any atom is 0.290 e. The lowest BCUT2D eigenvalue weighted by atomic mass is 10.4. The zero-order valence-electron chi connectivity index (χ0n) is 8.19. The quantitative estimate of drug-likeness (QED) is 0.651. The average Bonchev–Trinajstić information content (AvgIpc) is 2.91. The van der Waals surface area contributed by atoms with E-state index in [-0.39, 0.29) is 12.3 Å². The van der Waals surface area contributed by atoms with Gasteiger partial charge >= 0.3 is 0 Å². The third-order valence-corrected chi connectivity index (χ3v) is 1.60. The summed E-state index contributed by atoms with van der Waals surface area (Å²) < 4.78 is 11.9. The van der Waals surface area contributed by atoms with Crippen molar-refractivity contribution in [3.8, 4) is 0 Å². The molecule has 0 atom stereocenters. The van der Waals surface area contributed by atoms with Gasteiger partial charge in [-0.05, 0) is 18.1 Å². The lowest BCUT2D eigenvalue weighted by Gasteiger charge is -1.78. The number of rotatable bonds is 0. The number of carboxylic acid groups (broad SMARTS) is 1. The highest BCUT2D eigenvalue weighted by Gasteiger charge is 2.12. The summed E-state index contributed by atoms with van der Waals surface area (Å²) in [6.45, 7) is 2.03. The first kappa shape index (κ1) is 12.6. The lowest BCUT2D eigenvalue weighted by molar-refractivity contribution is -0.122. The van der Waals surface area contributed by atoms with Crippen LogP contribution < -0.4 is 0 Å². The Labute approximate surface area is 83.4 Å². The minimum atomic E-state index is -0.250. The molecule has 78 valence electrons. The first-order chi connectivity index (χ1) is 6.70. The van der Waals surface area contributed by atoms with Gasteiger partial charge < -0.3 is 5.11 Å². The van der Waals surface area contributed by atoms with Crippen LogP contribution in [0.25, 0.3) is 0 Å². The van der Waals surface area contributed by atoms with Crippen LogP contribution >= 0.6 is 0 Å². The normalized spacial score (nSPS) is 12.7. The van der Waals surface area contributed by atoms with Crippen molar-refractivity contribution in [3.05, 3.63) is 36.1 Å². The molecule has 0 aromatic heterocycles. The molecule has 1 N–H and O–H groups in total. The largest absolute Gasteiger partial charge is 0.483 e. The molecule has 1 aromatic carbocycles. The van der Waals surface area contributed by atoms with Crippen LogP contribution in [0.1, 0.15) is 19.8 Å². The lowest BCUT2D eigenvalue weighted by Crippen LogP contribution is -1.63. The van der Waals surface area contributed by atoms with Crippen LogP contribution in [0.15, 0.2) is 30.3 Å². The van der Waals surface area contributed by atoms with Crippen molar-refractivity contribution in [3.63, 3.8) is 0 Å². The average molecular weight is 198 g/mol. The molecule has 1 aliphatic carbocycles. The van der Waals surface area contributed by atoms with Gasteiger partial charge in [-0.1, -0.05) is 38.0 Å². The second-order valence-electron chi connectivity index (χ2n) is 3.08. The predicted octanol–water partition coefficient (Wildman–Crippen LogP) is 2.94. The number of halogens is 1. The van der Waals surface area contributed by atoms with Gasteiger partial charge in [-0.3, -0.25) is 4.79 Å². The van der Waals surface area contributed by atoms with Crippen LogP contribution in [0.5, 0.6) is 0 Å². The van der Waals surface area contributed by atoms with Crippen molar-refractivity contribution in [1.82, 2.24) is 0 Å². The minimum absolute atomic E-state index is 0.178. The topological polar surface area (TPSA) is 37.3 Å². The van der Waals surface area contributed by atoms with Gasteiger partial charge in [0.05, 0.1) is 0 Å². The summed E-state index contributed by atoms with van der Waals surface area (Å²) in [6.07, 6.45) is 2.97. The molecule has 1 aromatic rings. The summed E-state index contributed by atoms with van der Waals surface area (Å²) in [4.78, 5) is 8.36. The predicted molar refractivity (Wildman–Crippen MR) is 53.5 cm³/mol. The SMILES string of the molecule is CC1CC1.Fc1ccccc1.O=CO. The first-order valence-corrected chi connectivity index (χ1v) is 4.49. The van der Waals surface area contributed by atoms with E-state index in [2.05, 4.69) is 6.92 Å². The molecule has 1 aliphatic rings. The maximum absolute atomic E-state index is 11.9. The number of benzene rings is 1. The molecule has 0 radical (unpaired) electrons. The van der Waals surface area contributed by atoms with E-state index < -0.39 is 0 Å². The zero-order valence-corrected chi connectivity index (χ0v) is 8.19. The minimum Gasteiger partial charge on any atom is -0.483 e. The highest BCUT2D eigenvalue weighted by molar-refractivity contribution is 5.32. The van der Waals surface area contributed by atoms with Crippen molar-refractivity contribution in [2.75, 3.05) is 0 Å². The van der Waals surface area contributed by atoms with Gasteiger partial charge in [-0.2, -0.15) is 0 Å². The van der Waals surface area contributed by atoms with Crippen LogP contribution in [0, 0.1) is 11.7 Å². The van der Waals surface area contributed by atoms with E-state index in [1.807, 2.05) is 0 Å². The standard InChI is InChI=1S/C6H5F.C4H8.CH2O2/c7-6-4-2-1-3-5-6;1-4-2-3-4;2-1-3/h1-5H;4H,2-3H2,1H3;1H,(H,2,3). The number of hydrogen-bond donors (Lipinski definition) is 1. The third kappa shape index (κ3) is 10.6. The Morgan fingerprint density at radius 1 is 1.36 bits per heavy atom. The Morgan fingerprint density at radius 2 is 1.71 bits per heavy atom. The third-order valence-electron chi connectivity index (χ3n) is 1.60. The molecule has 2 rings (SSSR count). The van der Waals surface area contributed by atoms with Gasteiger partial charge in [0.15, 0.2) is 0 Å². The first-order valence-electron chi connectivity index (χ1n) is 4.49. The van der Waals surface area contributed by atoms with Gasteiger partial charge in [0, 0.05) is 0 Å². The van der Waals surface area contributed by atoms with Crippen LogP contribution in [0.4, 0.5) is 4.39 Å². The smallest absolute Gasteiger partial charge is 0.290 e. The molecule has 0 unspecified atom stereocenters. The Morgan fingerprint density at radius 3 is 1.86 bits per heavy atom. The fourth-order valence-electron chi connectivity index (χ4n) is 0.581. The Hall–Kier alpha value is -1.38. The molecule has 0 saturated heterocycles. The summed E-state index contributed by atoms with van der Waals surface area (Å²) in [5.41, 5.74) is 0. The van der Waals surface area contributed by atoms with Crippen molar-refractivity contribution in [1.29, 1.82) is 0 Å². The van der Waals surface area contributed by atoms with E-state index in [0.717, 1.165) is 5.92 Å². The van der Waals surface area contributed by atoms with Crippen molar-refractivity contribution in [2.45, 2.75) is 19.8 Å². The maximum atomic E-state index is 11.9. The van der Waals surface area contributed by atoms with Gasteiger partial charge in [0.1, 0.15) is 5.82 Å². The van der Waals surface area contributed by atoms with Crippen molar-refractivity contribution in [2.24, 2.45) is 5.92 Å². The zero-order chi connectivity index (χ0) is 10.8. The van der Waals surface area contributed by atoms with E-state index in [4.69, 9.17) is 9.90 Å². The van der Waals surface area contributed by atoms with Crippen molar-refractivity contribution >= 4 is 6.47 Å². The van der Waals surface area contributed by atoms with E-state index in [0.29, 0.717) is 0 Å². The molecule has 2 nitrogen and oxygen atoms in total. The summed E-state index contributed by atoms with van der Waals surface area (Å²) in [5, 5.41) is 6.89. The van der Waals surface area contributed by atoms with Gasteiger partial charge in [-0.15, -0.1) is 0 Å². The van der Waals surface area contributed by atoms with Crippen LogP contribution in [-0.2, 0) is 4.79 Å². The Kier molecular flexibility index (Phi) is 7.42. The Bertz CT molecular complexity index is 232. The van der Waals surface area contributed by atoms with E-state index in [1.165, 1.54) is 25.0 Å². The second kappa shape index (κ2) is 8.23. The molecular formula is C11H15FO2. The van der Waals surface area contributed by atoms with Gasteiger partial charge in [0.2, 0.25) is 0 Å². The second-order valence-corrected chi connectivity index (χ2v) is 3.08. The molecule has 0 bridgehead atoms. The van der Waals surface area contributed by atoms with Crippen LogP contribution in [-0.4, -0.2) is 11.6 Å².